The summed E-state index contributed by atoms with van der Waals surface area (Å²) < 4.78 is 24.7. The zero-order chi connectivity index (χ0) is 20.8. The Morgan fingerprint density at radius 1 is 0.769 bits per heavy atom. The summed E-state index contributed by atoms with van der Waals surface area (Å²) in [4.78, 5) is 48.6. The van der Waals surface area contributed by atoms with Crippen LogP contribution in [0.2, 0.25) is 0 Å². The number of hydrogen-bond donors (Lipinski definition) is 0. The number of rotatable bonds is 13. The van der Waals surface area contributed by atoms with E-state index >= 15 is 0 Å². The highest BCUT2D eigenvalue weighted by Gasteiger charge is 2.57. The molecule has 0 spiro atoms. The lowest BCUT2D eigenvalue weighted by Gasteiger charge is -2.70. The third-order valence-corrected chi connectivity index (χ3v) is 10.8. The molecule has 0 aliphatic rings. The van der Waals surface area contributed by atoms with Gasteiger partial charge in [-0.15, -0.1) is 0 Å². The van der Waals surface area contributed by atoms with Crippen LogP contribution in [-0.4, -0.2) is 28.9 Å². The zero-order valence-corrected chi connectivity index (χ0v) is 18.8. The molecule has 0 aliphatic heterocycles. The third kappa shape index (κ3) is 4.46. The average molecular weight is 411 g/mol. The standard InChI is InChI=1S/C17H39NO6P2/c1-7-13-18(14-8-2)15(9-3)16(10-4,11-5)17(12-6,25(19,20)21)26(22,23)24/h15H,7-14H2,1-6H3,(H2,19,20,21)(H2,22,23,24)/p-4. The molecule has 0 aromatic heterocycles. The molecule has 0 bridgehead atoms. The Balaban J connectivity index is 6.90. The maximum Gasteiger partial charge on any atom is 0.0324 e. The fourth-order valence-electron chi connectivity index (χ4n) is 4.99. The van der Waals surface area contributed by atoms with Gasteiger partial charge in [-0.1, -0.05) is 56.7 Å². The normalized spacial score (nSPS) is 15.5. The summed E-state index contributed by atoms with van der Waals surface area (Å²) in [5.41, 5.74) is -1.45. The Morgan fingerprint density at radius 3 is 1.35 bits per heavy atom. The van der Waals surface area contributed by atoms with E-state index in [1.54, 1.807) is 13.8 Å². The van der Waals surface area contributed by atoms with Crippen molar-refractivity contribution in [1.29, 1.82) is 0 Å². The van der Waals surface area contributed by atoms with Crippen molar-refractivity contribution in [1.82, 2.24) is 4.90 Å². The summed E-state index contributed by atoms with van der Waals surface area (Å²) in [6, 6.07) is -0.482. The van der Waals surface area contributed by atoms with E-state index in [4.69, 9.17) is 0 Å². The maximum absolute atomic E-state index is 12.3. The second-order valence-corrected chi connectivity index (χ2v) is 10.9. The molecule has 1 unspecified atom stereocenters. The van der Waals surface area contributed by atoms with Crippen LogP contribution in [0.5, 0.6) is 0 Å². The largest absolute Gasteiger partial charge is 0.810 e. The lowest BCUT2D eigenvalue weighted by Crippen LogP contribution is -2.64. The summed E-state index contributed by atoms with van der Waals surface area (Å²) >= 11 is 0. The lowest BCUT2D eigenvalue weighted by atomic mass is 9.69. The second kappa shape index (κ2) is 10.2. The Kier molecular flexibility index (Phi) is 10.3. The molecule has 26 heavy (non-hydrogen) atoms. The van der Waals surface area contributed by atoms with Gasteiger partial charge in [-0.2, -0.15) is 0 Å². The van der Waals surface area contributed by atoms with Crippen molar-refractivity contribution < 1.29 is 28.7 Å². The van der Waals surface area contributed by atoms with E-state index in [9.17, 15) is 28.7 Å². The Labute approximate surface area is 158 Å². The lowest BCUT2D eigenvalue weighted by molar-refractivity contribution is -0.343. The van der Waals surface area contributed by atoms with Crippen molar-refractivity contribution in [2.75, 3.05) is 13.1 Å². The molecule has 158 valence electrons. The van der Waals surface area contributed by atoms with Crippen molar-refractivity contribution >= 4 is 15.2 Å². The van der Waals surface area contributed by atoms with Crippen LogP contribution < -0.4 is 19.6 Å². The fourth-order valence-corrected chi connectivity index (χ4v) is 8.98. The first-order chi connectivity index (χ1) is 11.9. The van der Waals surface area contributed by atoms with E-state index in [0.29, 0.717) is 19.5 Å². The molecule has 0 saturated heterocycles. The molecular formula is C17H35NO6P2-4. The minimum absolute atomic E-state index is 0.128. The minimum atomic E-state index is -5.74. The molecule has 0 amide bonds. The Morgan fingerprint density at radius 2 is 1.15 bits per heavy atom. The van der Waals surface area contributed by atoms with Gasteiger partial charge >= 0.3 is 0 Å². The highest BCUT2D eigenvalue weighted by molar-refractivity contribution is 7.69. The molecule has 0 radical (unpaired) electrons. The van der Waals surface area contributed by atoms with Gasteiger partial charge in [-0.05, 0) is 51.6 Å². The smallest absolute Gasteiger partial charge is 0.0324 e. The van der Waals surface area contributed by atoms with Gasteiger partial charge in [0.1, 0.15) is 0 Å². The van der Waals surface area contributed by atoms with E-state index in [-0.39, 0.29) is 12.8 Å². The molecule has 0 rings (SSSR count). The van der Waals surface area contributed by atoms with Crippen LogP contribution in [-0.2, 0) is 9.13 Å². The van der Waals surface area contributed by atoms with Crippen LogP contribution in [0.15, 0.2) is 0 Å². The topological polar surface area (TPSA) is 130 Å². The Hall–Kier alpha value is 0.260. The van der Waals surface area contributed by atoms with Crippen LogP contribution in [0.25, 0.3) is 0 Å². The van der Waals surface area contributed by atoms with Gasteiger partial charge in [-0.3, -0.25) is 4.90 Å². The number of nitrogens with zero attached hydrogens (tertiary/aromatic N) is 1. The SMILES string of the molecule is CCCN(CCC)C(CC)C(CC)(CC)C(CC)(P(=O)([O-])[O-])P(=O)([O-])[O-]. The van der Waals surface area contributed by atoms with Crippen LogP contribution >= 0.6 is 15.2 Å². The second-order valence-electron chi connectivity index (χ2n) is 6.99. The van der Waals surface area contributed by atoms with Gasteiger partial charge in [-0.25, -0.2) is 0 Å². The predicted octanol–water partition coefficient (Wildman–Crippen LogP) is 1.63. The molecular weight excluding hydrogens is 376 g/mol. The molecule has 0 aliphatic carbocycles. The highest BCUT2D eigenvalue weighted by atomic mass is 31.2. The van der Waals surface area contributed by atoms with Gasteiger partial charge in [0.25, 0.3) is 0 Å². The summed E-state index contributed by atoms with van der Waals surface area (Å²) in [5, 5.41) is 0. The molecule has 0 N–H and O–H groups in total. The quantitative estimate of drug-likeness (QED) is 0.421. The van der Waals surface area contributed by atoms with E-state index in [0.717, 1.165) is 12.8 Å². The molecule has 0 aromatic rings. The van der Waals surface area contributed by atoms with Crippen LogP contribution in [0, 0.1) is 5.41 Å². The molecule has 7 nitrogen and oxygen atoms in total. The molecule has 0 saturated carbocycles. The average Bonchev–Trinajstić information content (AvgIpc) is 2.52. The predicted molar refractivity (Wildman–Crippen MR) is 97.5 cm³/mol. The first-order valence-corrected chi connectivity index (χ1v) is 12.8. The van der Waals surface area contributed by atoms with Gasteiger partial charge in [0.05, 0.1) is 0 Å². The van der Waals surface area contributed by atoms with Gasteiger partial charge in [0.2, 0.25) is 0 Å². The van der Waals surface area contributed by atoms with Gasteiger partial charge in [0, 0.05) is 16.4 Å². The Bertz CT molecular complexity index is 483. The van der Waals surface area contributed by atoms with Crippen LogP contribution in [0.3, 0.4) is 0 Å². The summed E-state index contributed by atoms with van der Waals surface area (Å²) in [5.74, 6) is 0. The highest BCUT2D eigenvalue weighted by Crippen LogP contribution is 2.73. The number of hydrogen-bond acceptors (Lipinski definition) is 7. The molecule has 0 aromatic carbocycles. The van der Waals surface area contributed by atoms with Crippen molar-refractivity contribution in [2.45, 2.75) is 91.0 Å². The molecule has 0 heterocycles. The maximum atomic E-state index is 12.3. The monoisotopic (exact) mass is 411 g/mol. The van der Waals surface area contributed by atoms with Gasteiger partial charge in [0.15, 0.2) is 0 Å². The fraction of sp³-hybridized carbons (Fsp3) is 1.00. The van der Waals surface area contributed by atoms with Crippen molar-refractivity contribution in [2.24, 2.45) is 5.41 Å². The van der Waals surface area contributed by atoms with Crippen molar-refractivity contribution in [3.05, 3.63) is 0 Å². The third-order valence-electron chi connectivity index (χ3n) is 5.95. The minimum Gasteiger partial charge on any atom is -0.810 e. The van der Waals surface area contributed by atoms with E-state index < -0.39 is 38.0 Å². The molecule has 1 atom stereocenters. The van der Waals surface area contributed by atoms with Crippen molar-refractivity contribution in [3.63, 3.8) is 0 Å². The summed E-state index contributed by atoms with van der Waals surface area (Å²) in [6.07, 6.45) is 1.80. The van der Waals surface area contributed by atoms with E-state index in [1.165, 1.54) is 6.92 Å². The molecule has 9 heteroatoms. The summed E-state index contributed by atoms with van der Waals surface area (Å²) in [6.45, 7) is 11.8. The van der Waals surface area contributed by atoms with Crippen LogP contribution in [0.1, 0.15) is 80.1 Å². The summed E-state index contributed by atoms with van der Waals surface area (Å²) in [7, 11) is -11.5. The first-order valence-electron chi connectivity index (χ1n) is 9.68. The van der Waals surface area contributed by atoms with Crippen molar-refractivity contribution in [3.8, 4) is 0 Å². The zero-order valence-electron chi connectivity index (χ0n) is 17.0. The van der Waals surface area contributed by atoms with Gasteiger partial charge < -0.3 is 28.7 Å². The first kappa shape index (κ1) is 26.3. The van der Waals surface area contributed by atoms with E-state index in [2.05, 4.69) is 4.90 Å². The van der Waals surface area contributed by atoms with Crippen LogP contribution in [0.4, 0.5) is 0 Å². The molecule has 0 fully saturated rings. The van der Waals surface area contributed by atoms with E-state index in [1.807, 2.05) is 20.8 Å².